The molecule has 0 amide bonds. The second-order valence-electron chi connectivity index (χ2n) is 8.24. The standard InChI is InChI=1S/C19H38N2/c1-7-14(4)17-12-21(19(11-20-17)13(2)3)18-10-8-9-15(5)16(18)6/h13-20H,7-12H2,1-6H3. The molecular formula is C19H38N2. The summed E-state index contributed by atoms with van der Waals surface area (Å²) in [6.07, 6.45) is 5.57. The van der Waals surface area contributed by atoms with E-state index < -0.39 is 0 Å². The molecule has 1 aliphatic heterocycles. The van der Waals surface area contributed by atoms with Gasteiger partial charge in [-0.05, 0) is 30.1 Å². The Morgan fingerprint density at radius 3 is 2.48 bits per heavy atom. The van der Waals surface area contributed by atoms with Crippen molar-refractivity contribution in [3.8, 4) is 0 Å². The Morgan fingerprint density at radius 1 is 1.14 bits per heavy atom. The molecule has 0 aromatic rings. The van der Waals surface area contributed by atoms with E-state index in [0.29, 0.717) is 6.04 Å². The second-order valence-corrected chi connectivity index (χ2v) is 8.24. The fourth-order valence-electron chi connectivity index (χ4n) is 4.50. The Kier molecular flexibility index (Phi) is 6.14. The maximum atomic E-state index is 3.85. The molecule has 2 rings (SSSR count). The number of rotatable bonds is 4. The summed E-state index contributed by atoms with van der Waals surface area (Å²) in [7, 11) is 0. The summed E-state index contributed by atoms with van der Waals surface area (Å²) in [5.41, 5.74) is 0. The minimum absolute atomic E-state index is 0.689. The van der Waals surface area contributed by atoms with Crippen LogP contribution in [0.15, 0.2) is 0 Å². The molecule has 6 atom stereocenters. The normalized spacial score (nSPS) is 40.4. The Morgan fingerprint density at radius 2 is 1.86 bits per heavy atom. The molecule has 124 valence electrons. The molecule has 1 heterocycles. The van der Waals surface area contributed by atoms with Crippen molar-refractivity contribution in [2.75, 3.05) is 13.1 Å². The molecule has 1 saturated heterocycles. The van der Waals surface area contributed by atoms with Gasteiger partial charge in [-0.25, -0.2) is 0 Å². The first-order valence-electron chi connectivity index (χ1n) is 9.44. The third-order valence-corrected chi connectivity index (χ3v) is 6.61. The van der Waals surface area contributed by atoms with E-state index in [2.05, 4.69) is 51.8 Å². The first kappa shape index (κ1) is 17.3. The van der Waals surface area contributed by atoms with Crippen LogP contribution >= 0.6 is 0 Å². The van der Waals surface area contributed by atoms with Crippen LogP contribution in [0.3, 0.4) is 0 Å². The highest BCUT2D eigenvalue weighted by molar-refractivity contribution is 4.96. The van der Waals surface area contributed by atoms with Crippen molar-refractivity contribution in [3.63, 3.8) is 0 Å². The predicted molar refractivity (Wildman–Crippen MR) is 92.5 cm³/mol. The van der Waals surface area contributed by atoms with Gasteiger partial charge in [-0.3, -0.25) is 4.90 Å². The van der Waals surface area contributed by atoms with Crippen molar-refractivity contribution < 1.29 is 0 Å². The molecule has 1 N–H and O–H groups in total. The summed E-state index contributed by atoms with van der Waals surface area (Å²) >= 11 is 0. The molecule has 2 heteroatoms. The number of hydrogen-bond donors (Lipinski definition) is 1. The van der Waals surface area contributed by atoms with Gasteiger partial charge in [0, 0.05) is 31.2 Å². The monoisotopic (exact) mass is 294 g/mol. The summed E-state index contributed by atoms with van der Waals surface area (Å²) in [6, 6.07) is 2.23. The van der Waals surface area contributed by atoms with Crippen molar-refractivity contribution in [3.05, 3.63) is 0 Å². The largest absolute Gasteiger partial charge is 0.311 e. The lowest BCUT2D eigenvalue weighted by Gasteiger charge is -2.51. The molecule has 2 nitrogen and oxygen atoms in total. The molecule has 1 saturated carbocycles. The van der Waals surface area contributed by atoms with Crippen LogP contribution in [0.2, 0.25) is 0 Å². The molecule has 2 fully saturated rings. The third kappa shape index (κ3) is 3.82. The van der Waals surface area contributed by atoms with Crippen molar-refractivity contribution >= 4 is 0 Å². The van der Waals surface area contributed by atoms with Crippen LogP contribution in [-0.2, 0) is 0 Å². The first-order valence-corrected chi connectivity index (χ1v) is 9.44. The molecule has 0 aromatic carbocycles. The predicted octanol–water partition coefficient (Wildman–Crippen LogP) is 4.16. The fourth-order valence-corrected chi connectivity index (χ4v) is 4.50. The van der Waals surface area contributed by atoms with Gasteiger partial charge < -0.3 is 5.32 Å². The average Bonchev–Trinajstić information content (AvgIpc) is 2.48. The van der Waals surface area contributed by atoms with Gasteiger partial charge in [0.15, 0.2) is 0 Å². The molecule has 21 heavy (non-hydrogen) atoms. The fraction of sp³-hybridized carbons (Fsp3) is 1.00. The SMILES string of the molecule is CCC(C)C1CN(C2CCCC(C)C2C)C(C(C)C)CN1. The van der Waals surface area contributed by atoms with E-state index >= 15 is 0 Å². The summed E-state index contributed by atoms with van der Waals surface area (Å²) in [5, 5.41) is 3.85. The molecule has 0 spiro atoms. The minimum atomic E-state index is 0.689. The van der Waals surface area contributed by atoms with Crippen LogP contribution in [-0.4, -0.2) is 36.1 Å². The van der Waals surface area contributed by atoms with Crippen LogP contribution in [0.5, 0.6) is 0 Å². The molecule has 2 aliphatic rings. The molecule has 0 bridgehead atoms. The Hall–Kier alpha value is -0.0800. The topological polar surface area (TPSA) is 15.3 Å². The van der Waals surface area contributed by atoms with Gasteiger partial charge >= 0.3 is 0 Å². The van der Waals surface area contributed by atoms with Crippen LogP contribution in [0.1, 0.15) is 67.2 Å². The van der Waals surface area contributed by atoms with E-state index in [9.17, 15) is 0 Å². The molecular weight excluding hydrogens is 256 g/mol. The van der Waals surface area contributed by atoms with E-state index in [4.69, 9.17) is 0 Å². The molecule has 6 unspecified atom stereocenters. The molecule has 0 aromatic heterocycles. The van der Waals surface area contributed by atoms with Gasteiger partial charge in [-0.15, -0.1) is 0 Å². The van der Waals surface area contributed by atoms with Crippen molar-refractivity contribution in [1.82, 2.24) is 10.2 Å². The lowest BCUT2D eigenvalue weighted by atomic mass is 9.75. The van der Waals surface area contributed by atoms with Crippen molar-refractivity contribution in [1.29, 1.82) is 0 Å². The van der Waals surface area contributed by atoms with Crippen LogP contribution in [0, 0.1) is 23.7 Å². The smallest absolute Gasteiger partial charge is 0.0247 e. The minimum Gasteiger partial charge on any atom is -0.311 e. The zero-order valence-electron chi connectivity index (χ0n) is 15.2. The van der Waals surface area contributed by atoms with Gasteiger partial charge in [0.1, 0.15) is 0 Å². The Balaban J connectivity index is 2.13. The quantitative estimate of drug-likeness (QED) is 0.837. The van der Waals surface area contributed by atoms with Gasteiger partial charge in [-0.2, -0.15) is 0 Å². The van der Waals surface area contributed by atoms with E-state index in [1.807, 2.05) is 0 Å². The number of piperazine rings is 1. The zero-order chi connectivity index (χ0) is 15.6. The number of nitrogens with zero attached hydrogens (tertiary/aromatic N) is 1. The maximum absolute atomic E-state index is 3.85. The average molecular weight is 295 g/mol. The van der Waals surface area contributed by atoms with Crippen molar-refractivity contribution in [2.24, 2.45) is 23.7 Å². The lowest BCUT2D eigenvalue weighted by Crippen LogP contribution is -2.64. The van der Waals surface area contributed by atoms with Crippen LogP contribution in [0.4, 0.5) is 0 Å². The highest BCUT2D eigenvalue weighted by Gasteiger charge is 2.39. The van der Waals surface area contributed by atoms with Gasteiger partial charge in [-0.1, -0.05) is 60.8 Å². The highest BCUT2D eigenvalue weighted by Crippen LogP contribution is 2.36. The number of nitrogens with one attached hydrogen (secondary N) is 1. The van der Waals surface area contributed by atoms with E-state index in [1.165, 1.54) is 38.8 Å². The van der Waals surface area contributed by atoms with Crippen molar-refractivity contribution in [2.45, 2.75) is 85.4 Å². The van der Waals surface area contributed by atoms with Gasteiger partial charge in [0.2, 0.25) is 0 Å². The lowest BCUT2D eigenvalue weighted by molar-refractivity contribution is -0.00558. The van der Waals surface area contributed by atoms with Crippen LogP contribution < -0.4 is 5.32 Å². The van der Waals surface area contributed by atoms with E-state index in [1.54, 1.807) is 0 Å². The highest BCUT2D eigenvalue weighted by atomic mass is 15.3. The summed E-state index contributed by atoms with van der Waals surface area (Å²) in [5.74, 6) is 3.29. The second kappa shape index (κ2) is 7.46. The summed E-state index contributed by atoms with van der Waals surface area (Å²) < 4.78 is 0. The Bertz CT molecular complexity index is 315. The molecule has 0 radical (unpaired) electrons. The zero-order valence-corrected chi connectivity index (χ0v) is 15.2. The maximum Gasteiger partial charge on any atom is 0.0247 e. The van der Waals surface area contributed by atoms with E-state index in [-0.39, 0.29) is 0 Å². The van der Waals surface area contributed by atoms with Crippen LogP contribution in [0.25, 0.3) is 0 Å². The molecule has 1 aliphatic carbocycles. The third-order valence-electron chi connectivity index (χ3n) is 6.61. The van der Waals surface area contributed by atoms with Gasteiger partial charge in [0.25, 0.3) is 0 Å². The van der Waals surface area contributed by atoms with Gasteiger partial charge in [0.05, 0.1) is 0 Å². The Labute approximate surface area is 133 Å². The first-order chi connectivity index (χ1) is 9.95. The summed E-state index contributed by atoms with van der Waals surface area (Å²) in [6.45, 7) is 17.0. The van der Waals surface area contributed by atoms with E-state index in [0.717, 1.165) is 35.8 Å². The number of hydrogen-bond acceptors (Lipinski definition) is 2. The summed E-state index contributed by atoms with van der Waals surface area (Å²) in [4.78, 5) is 2.92.